The number of rotatable bonds is 12. The Morgan fingerprint density at radius 2 is 1.76 bits per heavy atom. The van der Waals surface area contributed by atoms with Gasteiger partial charge in [0.05, 0.1) is 13.0 Å². The molecule has 3 N–H and O–H groups in total. The van der Waals surface area contributed by atoms with Crippen LogP contribution in [0.25, 0.3) is 0 Å². The highest BCUT2D eigenvalue weighted by molar-refractivity contribution is 5.93. The minimum Gasteiger partial charge on any atom is -0.507 e. The Hall–Kier alpha value is -3.30. The first-order chi connectivity index (χ1) is 17.2. The van der Waals surface area contributed by atoms with Crippen molar-refractivity contribution in [2.45, 2.75) is 85.9 Å². The lowest BCUT2D eigenvalue weighted by Crippen LogP contribution is -2.55. The van der Waals surface area contributed by atoms with Gasteiger partial charge in [0.2, 0.25) is 11.8 Å². The third-order valence-corrected chi connectivity index (χ3v) is 5.41. The predicted molar refractivity (Wildman–Crippen MR) is 140 cm³/mol. The van der Waals surface area contributed by atoms with Crippen LogP contribution in [0.4, 0.5) is 4.79 Å². The SMILES string of the molecule is CCCN(C(=O)C(NC(=O)OC(C)(C)C)C(C)C)C(C(=O)NCCC(=O)OCC)c1cccc(C)c1O. The van der Waals surface area contributed by atoms with E-state index in [0.29, 0.717) is 12.0 Å². The molecule has 1 aromatic carbocycles. The van der Waals surface area contributed by atoms with Crippen LogP contribution in [-0.2, 0) is 23.9 Å². The molecule has 1 aromatic rings. The molecule has 0 radical (unpaired) electrons. The van der Waals surface area contributed by atoms with Crippen molar-refractivity contribution in [2.75, 3.05) is 19.7 Å². The second-order valence-corrected chi connectivity index (χ2v) is 10.2. The molecule has 0 aliphatic heterocycles. The van der Waals surface area contributed by atoms with Crippen LogP contribution in [0.2, 0.25) is 0 Å². The maximum atomic E-state index is 13.9. The van der Waals surface area contributed by atoms with Gasteiger partial charge < -0.3 is 30.1 Å². The molecular formula is C27H43N3O7. The summed E-state index contributed by atoms with van der Waals surface area (Å²) in [7, 11) is 0. The Balaban J connectivity index is 3.40. The Morgan fingerprint density at radius 3 is 2.30 bits per heavy atom. The van der Waals surface area contributed by atoms with Crippen molar-refractivity contribution >= 4 is 23.9 Å². The predicted octanol–water partition coefficient (Wildman–Crippen LogP) is 3.60. The first-order valence-corrected chi connectivity index (χ1v) is 12.7. The zero-order chi connectivity index (χ0) is 28.3. The maximum Gasteiger partial charge on any atom is 0.408 e. The van der Waals surface area contributed by atoms with Crippen LogP contribution in [0.5, 0.6) is 5.75 Å². The number of carbonyl (C=O) groups is 4. The number of phenolic OH excluding ortho intramolecular Hbond substituents is 1. The van der Waals surface area contributed by atoms with Crippen LogP contribution in [0.1, 0.15) is 78.5 Å². The lowest BCUT2D eigenvalue weighted by atomic mass is 9.97. The van der Waals surface area contributed by atoms with Gasteiger partial charge in [-0.25, -0.2) is 4.79 Å². The molecule has 10 heteroatoms. The summed E-state index contributed by atoms with van der Waals surface area (Å²) in [6.07, 6.45) is -0.269. The van der Waals surface area contributed by atoms with Gasteiger partial charge >= 0.3 is 12.1 Å². The van der Waals surface area contributed by atoms with E-state index in [-0.39, 0.29) is 43.3 Å². The van der Waals surface area contributed by atoms with Crippen molar-refractivity contribution in [3.63, 3.8) is 0 Å². The number of amides is 3. The number of aromatic hydroxyl groups is 1. The molecule has 10 nitrogen and oxygen atoms in total. The van der Waals surface area contributed by atoms with Gasteiger partial charge in [-0.15, -0.1) is 0 Å². The second kappa shape index (κ2) is 14.4. The number of ether oxygens (including phenoxy) is 2. The normalized spacial score (nSPS) is 12.9. The summed E-state index contributed by atoms with van der Waals surface area (Å²) >= 11 is 0. The molecule has 0 saturated heterocycles. The number of nitrogens with zero attached hydrogens (tertiary/aromatic N) is 1. The smallest absolute Gasteiger partial charge is 0.408 e. The lowest BCUT2D eigenvalue weighted by Gasteiger charge is -2.35. The van der Waals surface area contributed by atoms with Crippen LogP contribution in [0, 0.1) is 12.8 Å². The number of para-hydroxylation sites is 1. The molecule has 0 aromatic heterocycles. The number of nitrogens with one attached hydrogen (secondary N) is 2. The number of benzene rings is 1. The molecule has 3 amide bonds. The van der Waals surface area contributed by atoms with Crippen molar-refractivity contribution in [1.82, 2.24) is 15.5 Å². The number of alkyl carbamates (subject to hydrolysis) is 1. The fourth-order valence-electron chi connectivity index (χ4n) is 3.70. The van der Waals surface area contributed by atoms with Gasteiger partial charge in [-0.2, -0.15) is 0 Å². The third kappa shape index (κ3) is 9.93. The number of carbonyl (C=O) groups excluding carboxylic acids is 4. The summed E-state index contributed by atoms with van der Waals surface area (Å²) in [5.74, 6) is -1.94. The second-order valence-electron chi connectivity index (χ2n) is 10.2. The largest absolute Gasteiger partial charge is 0.507 e. The minimum absolute atomic E-state index is 0.00132. The Kier molecular flexibility index (Phi) is 12.4. The molecule has 1 rings (SSSR count). The number of hydrogen-bond donors (Lipinski definition) is 3. The Bertz CT molecular complexity index is 940. The molecule has 208 valence electrons. The van der Waals surface area contributed by atoms with E-state index in [0.717, 1.165) is 0 Å². The van der Waals surface area contributed by atoms with Gasteiger partial charge in [0.1, 0.15) is 23.4 Å². The first kappa shape index (κ1) is 31.7. The summed E-state index contributed by atoms with van der Waals surface area (Å²) < 4.78 is 10.3. The van der Waals surface area contributed by atoms with E-state index in [1.54, 1.807) is 66.7 Å². The van der Waals surface area contributed by atoms with Crippen molar-refractivity contribution in [2.24, 2.45) is 5.92 Å². The highest BCUT2D eigenvalue weighted by Gasteiger charge is 2.38. The van der Waals surface area contributed by atoms with E-state index in [2.05, 4.69) is 10.6 Å². The van der Waals surface area contributed by atoms with Crippen LogP contribution < -0.4 is 10.6 Å². The fraction of sp³-hybridized carbons (Fsp3) is 0.630. The molecule has 0 heterocycles. The molecular weight excluding hydrogens is 478 g/mol. The van der Waals surface area contributed by atoms with Gasteiger partial charge in [0.15, 0.2) is 0 Å². The zero-order valence-corrected chi connectivity index (χ0v) is 23.3. The minimum atomic E-state index is -1.20. The Morgan fingerprint density at radius 1 is 1.11 bits per heavy atom. The van der Waals surface area contributed by atoms with E-state index < -0.39 is 41.6 Å². The molecule has 0 fully saturated rings. The van der Waals surface area contributed by atoms with E-state index in [9.17, 15) is 24.3 Å². The molecule has 37 heavy (non-hydrogen) atoms. The molecule has 0 aliphatic carbocycles. The van der Waals surface area contributed by atoms with Crippen LogP contribution in [0.3, 0.4) is 0 Å². The highest BCUT2D eigenvalue weighted by atomic mass is 16.6. The standard InChI is InChI=1S/C27H43N3O7/c1-9-16-30(25(34)21(17(3)4)29-26(35)37-27(6,7)8)22(19-13-11-12-18(5)23(19)32)24(33)28-15-14-20(31)36-10-2/h11-13,17,21-22,32H,9-10,14-16H2,1-8H3,(H,28,33)(H,29,35). The van der Waals surface area contributed by atoms with Crippen molar-refractivity contribution < 1.29 is 33.8 Å². The summed E-state index contributed by atoms with van der Waals surface area (Å²) in [5, 5.41) is 16.2. The lowest BCUT2D eigenvalue weighted by molar-refractivity contribution is -0.144. The number of aryl methyl sites for hydroxylation is 1. The summed E-state index contributed by atoms with van der Waals surface area (Å²) in [5.41, 5.74) is 0.0279. The van der Waals surface area contributed by atoms with Gasteiger partial charge in [-0.3, -0.25) is 14.4 Å². The molecule has 2 unspecified atom stereocenters. The first-order valence-electron chi connectivity index (χ1n) is 12.7. The molecule has 0 bridgehead atoms. The average molecular weight is 522 g/mol. The summed E-state index contributed by atoms with van der Waals surface area (Å²) in [4.78, 5) is 53.0. The van der Waals surface area contributed by atoms with Crippen LogP contribution in [0.15, 0.2) is 18.2 Å². The Labute approximate surface area is 220 Å². The van der Waals surface area contributed by atoms with Crippen molar-refractivity contribution in [1.29, 1.82) is 0 Å². The third-order valence-electron chi connectivity index (χ3n) is 5.41. The van der Waals surface area contributed by atoms with Crippen LogP contribution in [-0.4, -0.2) is 65.2 Å². The average Bonchev–Trinajstić information content (AvgIpc) is 2.78. The zero-order valence-electron chi connectivity index (χ0n) is 23.3. The monoisotopic (exact) mass is 521 g/mol. The van der Waals surface area contributed by atoms with Gasteiger partial charge in [0.25, 0.3) is 0 Å². The number of hydrogen-bond acceptors (Lipinski definition) is 7. The summed E-state index contributed by atoms with van der Waals surface area (Å²) in [6.45, 7) is 14.4. The van der Waals surface area contributed by atoms with E-state index >= 15 is 0 Å². The van der Waals surface area contributed by atoms with Crippen molar-refractivity contribution in [3.8, 4) is 5.75 Å². The van der Waals surface area contributed by atoms with E-state index in [1.165, 1.54) is 4.90 Å². The fourth-order valence-corrected chi connectivity index (χ4v) is 3.70. The van der Waals surface area contributed by atoms with Gasteiger partial charge in [-0.05, 0) is 52.5 Å². The maximum absolute atomic E-state index is 13.9. The summed E-state index contributed by atoms with van der Waals surface area (Å²) in [6, 6.07) is 2.79. The number of esters is 1. The number of phenols is 1. The van der Waals surface area contributed by atoms with Gasteiger partial charge in [-0.1, -0.05) is 39.0 Å². The van der Waals surface area contributed by atoms with Crippen LogP contribution >= 0.6 is 0 Å². The van der Waals surface area contributed by atoms with E-state index in [1.807, 2.05) is 6.92 Å². The highest BCUT2D eigenvalue weighted by Crippen LogP contribution is 2.32. The molecule has 0 saturated carbocycles. The van der Waals surface area contributed by atoms with Gasteiger partial charge in [0, 0.05) is 18.7 Å². The topological polar surface area (TPSA) is 134 Å². The molecule has 2 atom stereocenters. The quantitative estimate of drug-likeness (QED) is 0.358. The van der Waals surface area contributed by atoms with Crippen molar-refractivity contribution in [3.05, 3.63) is 29.3 Å². The molecule has 0 aliphatic rings. The molecule has 0 spiro atoms. The van der Waals surface area contributed by atoms with E-state index in [4.69, 9.17) is 9.47 Å².